The van der Waals surface area contributed by atoms with Gasteiger partial charge in [0.2, 0.25) is 12.2 Å². The second-order valence-electron chi connectivity index (χ2n) is 5.89. The molecule has 0 saturated carbocycles. The Labute approximate surface area is 174 Å². The molecule has 123 valence electrons. The molecule has 0 aliphatic rings. The second kappa shape index (κ2) is 9.03. The summed E-state index contributed by atoms with van der Waals surface area (Å²) in [5, 5.41) is 3.05. The van der Waals surface area contributed by atoms with Gasteiger partial charge in [-0.3, -0.25) is 4.79 Å². The van der Waals surface area contributed by atoms with Gasteiger partial charge in [0.15, 0.2) is 6.20 Å². The molecule has 25 heavy (non-hydrogen) atoms. The van der Waals surface area contributed by atoms with Crippen LogP contribution in [0.15, 0.2) is 72.9 Å². The molecule has 0 aliphatic heterocycles. The molecule has 1 N–H and O–H groups in total. The second-order valence-corrected chi connectivity index (χ2v) is 5.89. The van der Waals surface area contributed by atoms with Crippen molar-refractivity contribution >= 4 is 11.6 Å². The molecular weight excluding hydrogens is 385 g/mol. The number of benzene rings is 2. The fraction of sp³-hybridized carbons (Fsp3) is 0.143. The average molecular weight is 406 g/mol. The summed E-state index contributed by atoms with van der Waals surface area (Å²) in [6, 6.07) is 22.1. The number of anilines is 1. The quantitative estimate of drug-likeness (QED) is 0.656. The van der Waals surface area contributed by atoms with E-state index in [1.54, 1.807) is 0 Å². The number of nitrogens with one attached hydrogen (secondary N) is 1. The average Bonchev–Trinajstić information content (AvgIpc) is 2.60. The Morgan fingerprint density at radius 1 is 0.880 bits per heavy atom. The van der Waals surface area contributed by atoms with Crippen molar-refractivity contribution in [2.45, 2.75) is 20.4 Å². The molecule has 3 aromatic rings. The Hall–Kier alpha value is -1.84. The monoisotopic (exact) mass is 406 g/mol. The largest absolute Gasteiger partial charge is 0.320 e. The Kier molecular flexibility index (Phi) is 7.04. The standard InChI is InChI=1S/C21H20N2O.Y/c1-16-9-8-10-17(2)21(16)22-20(24)15-23-14-7-6-13-19(23)18-11-4-3-5-12-18;/h3-14H,15H2,1-2H3;/p+1. The van der Waals surface area contributed by atoms with Crippen molar-refractivity contribution in [2.75, 3.05) is 5.32 Å². The van der Waals surface area contributed by atoms with Gasteiger partial charge < -0.3 is 5.32 Å². The summed E-state index contributed by atoms with van der Waals surface area (Å²) >= 11 is 0. The Balaban J connectivity index is 0.00000225. The zero-order valence-electron chi connectivity index (χ0n) is 14.6. The first-order valence-electron chi connectivity index (χ1n) is 8.05. The van der Waals surface area contributed by atoms with Crippen molar-refractivity contribution in [3.63, 3.8) is 0 Å². The van der Waals surface area contributed by atoms with Crippen molar-refractivity contribution in [1.29, 1.82) is 0 Å². The van der Waals surface area contributed by atoms with Gasteiger partial charge in [-0.1, -0.05) is 36.4 Å². The van der Waals surface area contributed by atoms with Crippen LogP contribution in [0, 0.1) is 13.8 Å². The maximum atomic E-state index is 12.5. The molecule has 0 fully saturated rings. The molecule has 1 radical (unpaired) electrons. The van der Waals surface area contributed by atoms with Crippen LogP contribution in [0.3, 0.4) is 0 Å². The number of carbonyl (C=O) groups is 1. The van der Waals surface area contributed by atoms with Gasteiger partial charge in [0.25, 0.3) is 5.91 Å². The number of hydrogen-bond acceptors (Lipinski definition) is 1. The van der Waals surface area contributed by atoms with E-state index in [0.29, 0.717) is 0 Å². The molecule has 0 spiro atoms. The van der Waals surface area contributed by atoms with E-state index in [4.69, 9.17) is 0 Å². The third-order valence-corrected chi connectivity index (χ3v) is 4.07. The molecule has 3 rings (SSSR count). The number of aromatic nitrogens is 1. The number of hydrogen-bond donors (Lipinski definition) is 1. The maximum Gasteiger partial charge on any atom is 0.290 e. The van der Waals surface area contributed by atoms with Gasteiger partial charge in [0.1, 0.15) is 0 Å². The molecule has 3 nitrogen and oxygen atoms in total. The first-order chi connectivity index (χ1) is 11.6. The zero-order chi connectivity index (χ0) is 16.9. The van der Waals surface area contributed by atoms with Gasteiger partial charge in [-0.05, 0) is 43.2 Å². The Morgan fingerprint density at radius 2 is 1.52 bits per heavy atom. The number of carbonyl (C=O) groups excluding carboxylic acids is 1. The van der Waals surface area contributed by atoms with Gasteiger partial charge >= 0.3 is 0 Å². The molecule has 1 heterocycles. The number of amides is 1. The van der Waals surface area contributed by atoms with Crippen LogP contribution >= 0.6 is 0 Å². The van der Waals surface area contributed by atoms with E-state index in [1.165, 1.54) is 0 Å². The van der Waals surface area contributed by atoms with Crippen LogP contribution in [0.5, 0.6) is 0 Å². The number of nitrogens with zero attached hydrogens (tertiary/aromatic N) is 1. The van der Waals surface area contributed by atoms with Crippen LogP contribution < -0.4 is 9.88 Å². The van der Waals surface area contributed by atoms with Gasteiger partial charge in [-0.25, -0.2) is 0 Å². The molecule has 0 atom stereocenters. The molecule has 0 bridgehead atoms. The molecule has 0 saturated heterocycles. The first-order valence-corrected chi connectivity index (χ1v) is 8.05. The van der Waals surface area contributed by atoms with Crippen LogP contribution in [0.2, 0.25) is 0 Å². The minimum Gasteiger partial charge on any atom is -0.320 e. The van der Waals surface area contributed by atoms with E-state index in [0.717, 1.165) is 28.1 Å². The predicted octanol–water partition coefficient (Wildman–Crippen LogP) is 3.89. The molecule has 1 aromatic heterocycles. The number of pyridine rings is 1. The molecule has 1 amide bonds. The minimum atomic E-state index is -0.0271. The predicted molar refractivity (Wildman–Crippen MR) is 96.6 cm³/mol. The van der Waals surface area contributed by atoms with Crippen LogP contribution in [0.1, 0.15) is 11.1 Å². The van der Waals surface area contributed by atoms with Gasteiger partial charge in [-0.2, -0.15) is 4.57 Å². The molecule has 0 unspecified atom stereocenters. The van der Waals surface area contributed by atoms with E-state index >= 15 is 0 Å². The van der Waals surface area contributed by atoms with Crippen LogP contribution in [-0.2, 0) is 44.0 Å². The summed E-state index contributed by atoms with van der Waals surface area (Å²) in [7, 11) is 0. The fourth-order valence-corrected chi connectivity index (χ4v) is 2.83. The summed E-state index contributed by atoms with van der Waals surface area (Å²) in [6.45, 7) is 4.29. The fourth-order valence-electron chi connectivity index (χ4n) is 2.83. The van der Waals surface area contributed by atoms with E-state index in [-0.39, 0.29) is 45.2 Å². The molecular formula is C21H21N2OY+. The third kappa shape index (κ3) is 4.84. The molecule has 2 aromatic carbocycles. The summed E-state index contributed by atoms with van der Waals surface area (Å²) < 4.78 is 1.97. The summed E-state index contributed by atoms with van der Waals surface area (Å²) in [4.78, 5) is 12.5. The maximum absolute atomic E-state index is 12.5. The van der Waals surface area contributed by atoms with Crippen LogP contribution in [0.4, 0.5) is 5.69 Å². The molecule has 0 aliphatic carbocycles. The first kappa shape index (κ1) is 19.5. The van der Waals surface area contributed by atoms with Crippen molar-refractivity contribution in [3.8, 4) is 11.3 Å². The van der Waals surface area contributed by atoms with Crippen molar-refractivity contribution in [2.24, 2.45) is 0 Å². The SMILES string of the molecule is Cc1cccc(C)c1NC(=O)C[n+]1ccccc1-c1ccccc1.[Y]. The number of rotatable bonds is 4. The topological polar surface area (TPSA) is 33.0 Å². The van der Waals surface area contributed by atoms with Crippen LogP contribution in [-0.4, -0.2) is 5.91 Å². The summed E-state index contributed by atoms with van der Waals surface area (Å²) in [5.74, 6) is -0.0271. The smallest absolute Gasteiger partial charge is 0.290 e. The van der Waals surface area contributed by atoms with E-state index in [9.17, 15) is 4.79 Å². The van der Waals surface area contributed by atoms with Gasteiger partial charge in [-0.15, -0.1) is 0 Å². The number of aryl methyl sites for hydroxylation is 2. The van der Waals surface area contributed by atoms with Gasteiger partial charge in [0, 0.05) is 56.1 Å². The van der Waals surface area contributed by atoms with E-state index in [2.05, 4.69) is 17.4 Å². The molecule has 4 heteroatoms. The Bertz CT molecular complexity index is 843. The Morgan fingerprint density at radius 3 is 2.20 bits per heavy atom. The normalized spacial score (nSPS) is 10.0. The zero-order valence-corrected chi connectivity index (χ0v) is 17.4. The van der Waals surface area contributed by atoms with E-state index < -0.39 is 0 Å². The van der Waals surface area contributed by atoms with E-state index in [1.807, 2.05) is 79.2 Å². The van der Waals surface area contributed by atoms with Crippen LogP contribution in [0.25, 0.3) is 11.3 Å². The van der Waals surface area contributed by atoms with Crippen molar-refractivity contribution < 1.29 is 42.1 Å². The minimum absolute atomic E-state index is 0. The van der Waals surface area contributed by atoms with Crippen molar-refractivity contribution in [1.82, 2.24) is 0 Å². The summed E-state index contributed by atoms with van der Waals surface area (Å²) in [6.07, 6.45) is 1.94. The third-order valence-electron chi connectivity index (χ3n) is 4.07. The van der Waals surface area contributed by atoms with Crippen molar-refractivity contribution in [3.05, 3.63) is 84.1 Å². The number of para-hydroxylation sites is 1. The van der Waals surface area contributed by atoms with Gasteiger partial charge in [0.05, 0.1) is 0 Å². The summed E-state index contributed by atoms with van der Waals surface area (Å²) in [5.41, 5.74) is 5.17.